The van der Waals surface area contributed by atoms with Gasteiger partial charge in [-0.15, -0.1) is 11.3 Å². The smallest absolute Gasteiger partial charge is 0.259 e. The standard InChI is InChI=1S/C11H14ClN3O2S3/c12-9-10(15-3-6-19-11(15)14-9)20(16,17)13-7-8-1-4-18-5-2-8/h3,6,8,13H,1-2,4-5,7H2. The molecule has 9 heteroatoms. The Hall–Kier alpha value is -0.280. The molecular formula is C11H14ClN3O2S3. The van der Waals surface area contributed by atoms with Crippen LogP contribution in [-0.2, 0) is 10.0 Å². The van der Waals surface area contributed by atoms with Crippen LogP contribution < -0.4 is 4.72 Å². The third kappa shape index (κ3) is 2.85. The zero-order valence-corrected chi connectivity index (χ0v) is 13.8. The van der Waals surface area contributed by atoms with Crippen LogP contribution >= 0.6 is 34.7 Å². The SMILES string of the molecule is O=S(=O)(NCC1CCSCC1)c1c(Cl)nc2sccn12. The van der Waals surface area contributed by atoms with Gasteiger partial charge in [-0.2, -0.15) is 11.8 Å². The Morgan fingerprint density at radius 3 is 2.95 bits per heavy atom. The van der Waals surface area contributed by atoms with E-state index >= 15 is 0 Å². The zero-order chi connectivity index (χ0) is 14.2. The average molecular weight is 352 g/mol. The Bertz CT molecular complexity index is 704. The number of thioether (sulfide) groups is 1. The van der Waals surface area contributed by atoms with E-state index in [1.54, 1.807) is 11.6 Å². The molecule has 1 aliphatic heterocycles. The summed E-state index contributed by atoms with van der Waals surface area (Å²) in [6, 6.07) is 0. The lowest BCUT2D eigenvalue weighted by molar-refractivity contribution is 0.476. The van der Waals surface area contributed by atoms with E-state index in [0.29, 0.717) is 17.4 Å². The quantitative estimate of drug-likeness (QED) is 0.919. The van der Waals surface area contributed by atoms with E-state index in [1.165, 1.54) is 15.7 Å². The summed E-state index contributed by atoms with van der Waals surface area (Å²) in [5.74, 6) is 2.62. The van der Waals surface area contributed by atoms with Crippen LogP contribution in [0.2, 0.25) is 5.15 Å². The first kappa shape index (κ1) is 14.6. The first-order valence-electron chi connectivity index (χ1n) is 6.26. The van der Waals surface area contributed by atoms with Crippen LogP contribution in [0.25, 0.3) is 4.96 Å². The van der Waals surface area contributed by atoms with Crippen molar-refractivity contribution in [1.82, 2.24) is 14.1 Å². The molecule has 0 radical (unpaired) electrons. The number of hydrogen-bond donors (Lipinski definition) is 1. The molecule has 3 rings (SSSR count). The highest BCUT2D eigenvalue weighted by atomic mass is 35.5. The van der Waals surface area contributed by atoms with Gasteiger partial charge < -0.3 is 0 Å². The minimum Gasteiger partial charge on any atom is -0.279 e. The molecule has 1 fully saturated rings. The van der Waals surface area contributed by atoms with Gasteiger partial charge >= 0.3 is 0 Å². The number of fused-ring (bicyclic) bond motifs is 1. The highest BCUT2D eigenvalue weighted by molar-refractivity contribution is 7.99. The average Bonchev–Trinajstić information content (AvgIpc) is 2.97. The van der Waals surface area contributed by atoms with E-state index < -0.39 is 10.0 Å². The van der Waals surface area contributed by atoms with Gasteiger partial charge in [-0.3, -0.25) is 4.40 Å². The van der Waals surface area contributed by atoms with Crippen LogP contribution in [0.15, 0.2) is 16.6 Å². The van der Waals surface area contributed by atoms with Crippen LogP contribution in [0.5, 0.6) is 0 Å². The van der Waals surface area contributed by atoms with E-state index in [2.05, 4.69) is 9.71 Å². The van der Waals surface area contributed by atoms with Gasteiger partial charge in [0, 0.05) is 18.1 Å². The number of sulfonamides is 1. The molecule has 1 N–H and O–H groups in total. The van der Waals surface area contributed by atoms with Crippen LogP contribution in [0.1, 0.15) is 12.8 Å². The maximum Gasteiger partial charge on any atom is 0.259 e. The van der Waals surface area contributed by atoms with Crippen molar-refractivity contribution in [2.45, 2.75) is 17.9 Å². The molecule has 2 aromatic rings. The number of aromatic nitrogens is 2. The minimum atomic E-state index is -3.63. The summed E-state index contributed by atoms with van der Waals surface area (Å²) >= 11 is 9.25. The fourth-order valence-electron chi connectivity index (χ4n) is 2.23. The first-order chi connectivity index (χ1) is 9.58. The Labute approximate surface area is 130 Å². The highest BCUT2D eigenvalue weighted by Gasteiger charge is 2.26. The lowest BCUT2D eigenvalue weighted by Gasteiger charge is -2.21. The number of hydrogen-bond acceptors (Lipinski definition) is 5. The summed E-state index contributed by atoms with van der Waals surface area (Å²) < 4.78 is 29.0. The fraction of sp³-hybridized carbons (Fsp3) is 0.545. The van der Waals surface area contributed by atoms with Crippen molar-refractivity contribution in [2.75, 3.05) is 18.1 Å². The molecule has 110 valence electrons. The molecule has 0 saturated carbocycles. The lowest BCUT2D eigenvalue weighted by Crippen LogP contribution is -2.31. The summed E-state index contributed by atoms with van der Waals surface area (Å²) in [5, 5.41) is 1.86. The summed E-state index contributed by atoms with van der Waals surface area (Å²) in [6.45, 7) is 0.469. The molecule has 0 spiro atoms. The second kappa shape index (κ2) is 5.84. The topological polar surface area (TPSA) is 63.5 Å². The lowest BCUT2D eigenvalue weighted by atomic mass is 10.0. The van der Waals surface area contributed by atoms with E-state index in [1.807, 2.05) is 11.8 Å². The van der Waals surface area contributed by atoms with Gasteiger partial charge in [-0.05, 0) is 30.3 Å². The molecule has 0 amide bonds. The second-order valence-corrected chi connectivity index (χ2v) is 8.81. The Morgan fingerprint density at radius 1 is 1.45 bits per heavy atom. The molecular weight excluding hydrogens is 338 g/mol. The van der Waals surface area contributed by atoms with Gasteiger partial charge in [0.25, 0.3) is 10.0 Å². The molecule has 0 atom stereocenters. The summed E-state index contributed by atoms with van der Waals surface area (Å²) in [5.41, 5.74) is 0. The van der Waals surface area contributed by atoms with Gasteiger partial charge in [-0.25, -0.2) is 18.1 Å². The van der Waals surface area contributed by atoms with Crippen molar-refractivity contribution < 1.29 is 8.42 Å². The maximum absolute atomic E-state index is 12.4. The first-order valence-corrected chi connectivity index (χ1v) is 10.2. The van der Waals surface area contributed by atoms with E-state index in [9.17, 15) is 8.42 Å². The predicted molar refractivity (Wildman–Crippen MR) is 83.3 cm³/mol. The van der Waals surface area contributed by atoms with Crippen LogP contribution in [0.3, 0.4) is 0 Å². The number of rotatable bonds is 4. The Balaban J connectivity index is 1.80. The molecule has 3 heterocycles. The fourth-order valence-corrected chi connectivity index (χ4v) is 5.99. The highest BCUT2D eigenvalue weighted by Crippen LogP contribution is 2.26. The Morgan fingerprint density at radius 2 is 2.20 bits per heavy atom. The van der Waals surface area contributed by atoms with Crippen LogP contribution in [0, 0.1) is 5.92 Å². The molecule has 0 unspecified atom stereocenters. The maximum atomic E-state index is 12.4. The third-order valence-corrected chi connectivity index (χ3v) is 6.96. The van der Waals surface area contributed by atoms with Gasteiger partial charge in [0.2, 0.25) is 0 Å². The van der Waals surface area contributed by atoms with E-state index in [0.717, 1.165) is 24.3 Å². The van der Waals surface area contributed by atoms with E-state index in [-0.39, 0.29) is 10.2 Å². The largest absolute Gasteiger partial charge is 0.279 e. The molecule has 1 aliphatic rings. The van der Waals surface area contributed by atoms with Crippen LogP contribution in [0.4, 0.5) is 0 Å². The predicted octanol–water partition coefficient (Wildman–Crippen LogP) is 2.47. The third-order valence-electron chi connectivity index (χ3n) is 3.34. The summed E-state index contributed by atoms with van der Waals surface area (Å²) in [6.07, 6.45) is 3.78. The van der Waals surface area contributed by atoms with Crippen molar-refractivity contribution in [1.29, 1.82) is 0 Å². The molecule has 0 aliphatic carbocycles. The number of imidazole rings is 1. The van der Waals surface area contributed by atoms with Gasteiger partial charge in [-0.1, -0.05) is 11.6 Å². The van der Waals surface area contributed by atoms with Crippen molar-refractivity contribution >= 4 is 49.7 Å². The summed E-state index contributed by atoms with van der Waals surface area (Å²) in [4.78, 5) is 4.65. The number of nitrogens with zero attached hydrogens (tertiary/aromatic N) is 2. The number of halogens is 1. The molecule has 0 aromatic carbocycles. The van der Waals surface area contributed by atoms with Crippen molar-refractivity contribution in [2.24, 2.45) is 5.92 Å². The van der Waals surface area contributed by atoms with Crippen molar-refractivity contribution in [3.63, 3.8) is 0 Å². The van der Waals surface area contributed by atoms with Gasteiger partial charge in [0.05, 0.1) is 0 Å². The molecule has 5 nitrogen and oxygen atoms in total. The van der Waals surface area contributed by atoms with Crippen molar-refractivity contribution in [3.05, 3.63) is 16.7 Å². The van der Waals surface area contributed by atoms with Crippen LogP contribution in [-0.4, -0.2) is 35.9 Å². The molecule has 2 aromatic heterocycles. The zero-order valence-electron chi connectivity index (χ0n) is 10.6. The number of nitrogens with one attached hydrogen (secondary N) is 1. The molecule has 1 saturated heterocycles. The van der Waals surface area contributed by atoms with Gasteiger partial charge in [0.15, 0.2) is 15.1 Å². The second-order valence-electron chi connectivity index (χ2n) is 4.67. The molecule has 20 heavy (non-hydrogen) atoms. The molecule has 0 bridgehead atoms. The monoisotopic (exact) mass is 351 g/mol. The Kier molecular flexibility index (Phi) is 4.28. The summed E-state index contributed by atoms with van der Waals surface area (Å²) in [7, 11) is -3.63. The number of thiazole rings is 1. The van der Waals surface area contributed by atoms with Gasteiger partial charge in [0.1, 0.15) is 0 Å². The van der Waals surface area contributed by atoms with Crippen molar-refractivity contribution in [3.8, 4) is 0 Å². The minimum absolute atomic E-state index is 0.0311. The van der Waals surface area contributed by atoms with E-state index in [4.69, 9.17) is 11.6 Å². The normalized spacial score (nSPS) is 17.9.